The molecule has 1 saturated carbocycles. The molecular formula is C13H24N4O. The lowest BCUT2D eigenvalue weighted by molar-refractivity contribution is 0.420. The van der Waals surface area contributed by atoms with Gasteiger partial charge in [-0.15, -0.1) is 5.10 Å². The van der Waals surface area contributed by atoms with Gasteiger partial charge < -0.3 is 15.1 Å². The van der Waals surface area contributed by atoms with Crippen LogP contribution in [0.3, 0.4) is 0 Å². The van der Waals surface area contributed by atoms with Crippen LogP contribution >= 0.6 is 0 Å². The van der Waals surface area contributed by atoms with Crippen LogP contribution in [0.2, 0.25) is 0 Å². The second-order valence-corrected chi connectivity index (χ2v) is 5.32. The van der Waals surface area contributed by atoms with Gasteiger partial charge in [0, 0.05) is 6.54 Å². The van der Waals surface area contributed by atoms with Crippen LogP contribution in [0.1, 0.15) is 52.0 Å². The Kier molecular flexibility index (Phi) is 4.58. The first-order valence-electron chi connectivity index (χ1n) is 7.01. The highest BCUT2D eigenvalue weighted by molar-refractivity contribution is 5.17. The van der Waals surface area contributed by atoms with Crippen LogP contribution in [-0.2, 0) is 0 Å². The van der Waals surface area contributed by atoms with Gasteiger partial charge >= 0.3 is 6.01 Å². The van der Waals surface area contributed by atoms with Gasteiger partial charge in [0.05, 0.1) is 6.04 Å². The first kappa shape index (κ1) is 13.3. The summed E-state index contributed by atoms with van der Waals surface area (Å²) in [5.74, 6) is 2.24. The Hall–Kier alpha value is -1.10. The van der Waals surface area contributed by atoms with Crippen LogP contribution in [-0.4, -0.2) is 23.3 Å². The van der Waals surface area contributed by atoms with Crippen LogP contribution in [0.15, 0.2) is 4.42 Å². The van der Waals surface area contributed by atoms with E-state index in [4.69, 9.17) is 4.42 Å². The fourth-order valence-electron chi connectivity index (χ4n) is 2.01. The van der Waals surface area contributed by atoms with E-state index >= 15 is 0 Å². The van der Waals surface area contributed by atoms with Gasteiger partial charge in [0.25, 0.3) is 0 Å². The van der Waals surface area contributed by atoms with Crippen LogP contribution < -0.4 is 10.6 Å². The molecular weight excluding hydrogens is 228 g/mol. The molecule has 0 aromatic carbocycles. The molecule has 18 heavy (non-hydrogen) atoms. The van der Waals surface area contributed by atoms with Gasteiger partial charge in [0.15, 0.2) is 0 Å². The summed E-state index contributed by atoms with van der Waals surface area (Å²) in [6, 6.07) is 0.663. The van der Waals surface area contributed by atoms with E-state index in [-0.39, 0.29) is 6.04 Å². The molecule has 0 bridgehead atoms. The molecule has 1 aromatic rings. The molecule has 1 aliphatic carbocycles. The molecule has 2 N–H and O–H groups in total. The van der Waals surface area contributed by atoms with E-state index in [0.717, 1.165) is 25.4 Å². The summed E-state index contributed by atoms with van der Waals surface area (Å²) in [7, 11) is 0. The number of hydrogen-bond acceptors (Lipinski definition) is 5. The average Bonchev–Trinajstić information content (AvgIpc) is 3.12. The molecule has 1 fully saturated rings. The van der Waals surface area contributed by atoms with Gasteiger partial charge in [-0.1, -0.05) is 18.9 Å². The first-order chi connectivity index (χ1) is 8.70. The largest absolute Gasteiger partial charge is 0.406 e. The third kappa shape index (κ3) is 3.70. The number of nitrogens with zero attached hydrogens (tertiary/aromatic N) is 2. The lowest BCUT2D eigenvalue weighted by atomic mass is 10.1. The van der Waals surface area contributed by atoms with E-state index in [1.807, 2.05) is 6.92 Å². The molecule has 2 unspecified atom stereocenters. The standard InChI is InChI=1S/C13H24N4O/c1-4-7-14-10(3)12-16-17-13(18-12)15-8-9(2)11-5-6-11/h9-11,14H,4-8H2,1-3H3,(H,15,17). The molecule has 0 amide bonds. The van der Waals surface area contributed by atoms with Gasteiger partial charge in [-0.05, 0) is 44.6 Å². The maximum Gasteiger partial charge on any atom is 0.315 e. The minimum absolute atomic E-state index is 0.119. The van der Waals surface area contributed by atoms with Gasteiger partial charge in [-0.25, -0.2) is 0 Å². The van der Waals surface area contributed by atoms with Crippen LogP contribution in [0.5, 0.6) is 0 Å². The minimum Gasteiger partial charge on any atom is -0.406 e. The predicted octanol–water partition coefficient (Wildman–Crippen LogP) is 2.59. The Morgan fingerprint density at radius 1 is 1.33 bits per heavy atom. The lowest BCUT2D eigenvalue weighted by Crippen LogP contribution is -2.19. The van der Waals surface area contributed by atoms with Crippen molar-refractivity contribution in [1.82, 2.24) is 15.5 Å². The average molecular weight is 252 g/mol. The number of aromatic nitrogens is 2. The van der Waals surface area contributed by atoms with Crippen LogP contribution in [0.4, 0.5) is 6.01 Å². The zero-order valence-corrected chi connectivity index (χ0v) is 11.6. The van der Waals surface area contributed by atoms with Crippen molar-refractivity contribution in [2.24, 2.45) is 11.8 Å². The number of anilines is 1. The summed E-state index contributed by atoms with van der Waals surface area (Å²) in [5.41, 5.74) is 0. The van der Waals surface area contributed by atoms with Crippen molar-refractivity contribution < 1.29 is 4.42 Å². The van der Waals surface area contributed by atoms with Crippen molar-refractivity contribution >= 4 is 6.01 Å². The molecule has 2 atom stereocenters. The van der Waals surface area contributed by atoms with Gasteiger partial charge in [0.2, 0.25) is 5.89 Å². The monoisotopic (exact) mass is 252 g/mol. The SMILES string of the molecule is CCCNC(C)c1nnc(NCC(C)C2CC2)o1. The molecule has 5 nitrogen and oxygen atoms in total. The van der Waals surface area contributed by atoms with Crippen molar-refractivity contribution in [3.05, 3.63) is 5.89 Å². The van der Waals surface area contributed by atoms with Crippen molar-refractivity contribution in [1.29, 1.82) is 0 Å². The van der Waals surface area contributed by atoms with E-state index < -0.39 is 0 Å². The highest BCUT2D eigenvalue weighted by Crippen LogP contribution is 2.36. The Balaban J connectivity index is 1.77. The molecule has 102 valence electrons. The lowest BCUT2D eigenvalue weighted by Gasteiger charge is -2.09. The van der Waals surface area contributed by atoms with Gasteiger partial charge in [0.1, 0.15) is 0 Å². The summed E-state index contributed by atoms with van der Waals surface area (Å²) < 4.78 is 5.60. The van der Waals surface area contributed by atoms with E-state index in [2.05, 4.69) is 34.7 Å². The van der Waals surface area contributed by atoms with Crippen LogP contribution in [0.25, 0.3) is 0 Å². The molecule has 1 aliphatic rings. The van der Waals surface area contributed by atoms with E-state index in [9.17, 15) is 0 Å². The summed E-state index contributed by atoms with van der Waals surface area (Å²) in [6.07, 6.45) is 3.84. The van der Waals surface area contributed by atoms with Gasteiger partial charge in [-0.3, -0.25) is 0 Å². The zero-order chi connectivity index (χ0) is 13.0. The molecule has 0 radical (unpaired) electrons. The summed E-state index contributed by atoms with van der Waals surface area (Å²) in [4.78, 5) is 0. The van der Waals surface area contributed by atoms with E-state index in [0.29, 0.717) is 17.8 Å². The number of rotatable bonds is 8. The zero-order valence-electron chi connectivity index (χ0n) is 11.6. The van der Waals surface area contributed by atoms with E-state index in [1.54, 1.807) is 0 Å². The first-order valence-corrected chi connectivity index (χ1v) is 7.01. The second kappa shape index (κ2) is 6.18. The molecule has 1 aromatic heterocycles. The Labute approximate surface area is 109 Å². The maximum atomic E-state index is 5.60. The van der Waals surface area contributed by atoms with Crippen molar-refractivity contribution in [3.63, 3.8) is 0 Å². The fourth-order valence-corrected chi connectivity index (χ4v) is 2.01. The molecule has 0 aliphatic heterocycles. The Bertz CT molecular complexity index is 362. The molecule has 0 saturated heterocycles. The second-order valence-electron chi connectivity index (χ2n) is 5.32. The van der Waals surface area contributed by atoms with Gasteiger partial charge in [-0.2, -0.15) is 0 Å². The molecule has 2 rings (SSSR count). The summed E-state index contributed by atoms with van der Waals surface area (Å²) >= 11 is 0. The third-order valence-corrected chi connectivity index (χ3v) is 3.51. The van der Waals surface area contributed by atoms with Crippen molar-refractivity contribution in [3.8, 4) is 0 Å². The quantitative estimate of drug-likeness (QED) is 0.744. The highest BCUT2D eigenvalue weighted by Gasteiger charge is 2.27. The normalized spacial score (nSPS) is 18.6. The molecule has 5 heteroatoms. The van der Waals surface area contributed by atoms with E-state index in [1.165, 1.54) is 12.8 Å². The maximum absolute atomic E-state index is 5.60. The molecule has 0 spiro atoms. The predicted molar refractivity (Wildman–Crippen MR) is 71.4 cm³/mol. The number of nitrogens with one attached hydrogen (secondary N) is 2. The Morgan fingerprint density at radius 3 is 2.78 bits per heavy atom. The van der Waals surface area contributed by atoms with Crippen molar-refractivity contribution in [2.45, 2.75) is 46.1 Å². The third-order valence-electron chi connectivity index (χ3n) is 3.51. The topological polar surface area (TPSA) is 63.0 Å². The molecule has 1 heterocycles. The Morgan fingerprint density at radius 2 is 2.11 bits per heavy atom. The summed E-state index contributed by atoms with van der Waals surface area (Å²) in [6.45, 7) is 8.33. The highest BCUT2D eigenvalue weighted by atomic mass is 16.4. The number of hydrogen-bond donors (Lipinski definition) is 2. The minimum atomic E-state index is 0.119. The smallest absolute Gasteiger partial charge is 0.315 e. The van der Waals surface area contributed by atoms with Crippen LogP contribution in [0, 0.1) is 11.8 Å². The fraction of sp³-hybridized carbons (Fsp3) is 0.846. The van der Waals surface area contributed by atoms with Crippen molar-refractivity contribution in [2.75, 3.05) is 18.4 Å². The summed E-state index contributed by atoms with van der Waals surface area (Å²) in [5, 5.41) is 14.7.